The van der Waals surface area contributed by atoms with E-state index >= 15 is 0 Å². The van der Waals surface area contributed by atoms with Gasteiger partial charge in [-0.05, 0) is 6.42 Å². The molecule has 18 heavy (non-hydrogen) atoms. The highest BCUT2D eigenvalue weighted by Crippen LogP contribution is 1.93. The molecule has 0 heterocycles. The van der Waals surface area contributed by atoms with Gasteiger partial charge in [0, 0.05) is 13.0 Å². The maximum atomic E-state index is 11.2. The van der Waals surface area contributed by atoms with Crippen molar-refractivity contribution >= 4 is 23.9 Å². The van der Waals surface area contributed by atoms with Gasteiger partial charge in [0.1, 0.15) is 6.04 Å². The van der Waals surface area contributed by atoms with E-state index in [0.29, 0.717) is 6.42 Å². The third-order valence-electron chi connectivity index (χ3n) is 1.87. The molecule has 1 atom stereocenters. The van der Waals surface area contributed by atoms with Crippen molar-refractivity contribution in [2.45, 2.75) is 25.3 Å². The number of rotatable bonds is 8. The van der Waals surface area contributed by atoms with Gasteiger partial charge in [-0.2, -0.15) is 0 Å². The smallest absolute Gasteiger partial charge is 0.326 e. The Morgan fingerprint density at radius 3 is 2.22 bits per heavy atom. The zero-order valence-electron chi connectivity index (χ0n) is 9.51. The van der Waals surface area contributed by atoms with Crippen LogP contribution in [0.15, 0.2) is 0 Å². The minimum Gasteiger partial charge on any atom is -0.481 e. The Hall–Kier alpha value is -2.32. The van der Waals surface area contributed by atoms with Crippen molar-refractivity contribution in [1.82, 2.24) is 10.6 Å². The van der Waals surface area contributed by atoms with E-state index in [0.717, 1.165) is 0 Å². The van der Waals surface area contributed by atoms with Crippen LogP contribution in [0.2, 0.25) is 0 Å². The lowest BCUT2D eigenvalue weighted by Crippen LogP contribution is -2.47. The Balaban J connectivity index is 3.99. The van der Waals surface area contributed by atoms with Crippen molar-refractivity contribution < 1.29 is 29.4 Å². The molecule has 0 aromatic carbocycles. The van der Waals surface area contributed by atoms with Crippen molar-refractivity contribution in [3.05, 3.63) is 0 Å². The van der Waals surface area contributed by atoms with Crippen molar-refractivity contribution in [3.8, 4) is 0 Å². The topological polar surface area (TPSA) is 159 Å². The highest BCUT2D eigenvalue weighted by atomic mass is 16.4. The largest absolute Gasteiger partial charge is 0.481 e. The first kappa shape index (κ1) is 15.7. The monoisotopic (exact) mass is 261 g/mol. The van der Waals surface area contributed by atoms with Crippen molar-refractivity contribution in [1.29, 1.82) is 0 Å². The minimum absolute atomic E-state index is 0.0950. The van der Waals surface area contributed by atoms with Crippen LogP contribution in [0.3, 0.4) is 0 Å². The first-order valence-corrected chi connectivity index (χ1v) is 5.10. The summed E-state index contributed by atoms with van der Waals surface area (Å²) in [5, 5.41) is 21.4. The van der Waals surface area contributed by atoms with E-state index in [2.05, 4.69) is 5.32 Å². The van der Waals surface area contributed by atoms with Crippen LogP contribution in [0.4, 0.5) is 4.79 Å². The third kappa shape index (κ3) is 7.91. The molecule has 6 N–H and O–H groups in total. The maximum absolute atomic E-state index is 11.2. The molecule has 0 aliphatic rings. The van der Waals surface area contributed by atoms with Gasteiger partial charge in [0.15, 0.2) is 0 Å². The summed E-state index contributed by atoms with van der Waals surface area (Å²) in [4.78, 5) is 42.5. The molecule has 0 aromatic rings. The Labute approximate surface area is 102 Å². The van der Waals surface area contributed by atoms with Crippen LogP contribution in [0, 0.1) is 0 Å². The van der Waals surface area contributed by atoms with Crippen LogP contribution in [-0.2, 0) is 14.4 Å². The second-order valence-corrected chi connectivity index (χ2v) is 3.46. The maximum Gasteiger partial charge on any atom is 0.326 e. The summed E-state index contributed by atoms with van der Waals surface area (Å²) in [6, 6.07) is -2.31. The Morgan fingerprint density at radius 1 is 1.17 bits per heavy atom. The summed E-state index contributed by atoms with van der Waals surface area (Å²) in [7, 11) is 0. The van der Waals surface area contributed by atoms with E-state index in [1.165, 1.54) is 0 Å². The molecule has 3 amide bonds. The van der Waals surface area contributed by atoms with Gasteiger partial charge in [-0.25, -0.2) is 9.59 Å². The second-order valence-electron chi connectivity index (χ2n) is 3.46. The molecule has 0 radical (unpaired) electrons. The highest BCUT2D eigenvalue weighted by molar-refractivity contribution is 5.86. The number of carboxylic acids is 2. The van der Waals surface area contributed by atoms with Gasteiger partial charge in [-0.3, -0.25) is 9.59 Å². The molecular formula is C9H15N3O6. The molecular weight excluding hydrogens is 246 g/mol. The highest BCUT2D eigenvalue weighted by Gasteiger charge is 2.22. The number of aliphatic carboxylic acids is 2. The molecule has 0 aliphatic heterocycles. The average molecular weight is 261 g/mol. The van der Waals surface area contributed by atoms with Gasteiger partial charge in [0.25, 0.3) is 0 Å². The summed E-state index contributed by atoms with van der Waals surface area (Å²) < 4.78 is 0. The molecule has 0 aromatic heterocycles. The number of urea groups is 1. The number of nitrogens with one attached hydrogen (secondary N) is 2. The predicted molar refractivity (Wildman–Crippen MR) is 58.6 cm³/mol. The molecule has 0 saturated heterocycles. The number of nitrogens with two attached hydrogens (primary N) is 1. The first-order chi connectivity index (χ1) is 8.32. The zero-order chi connectivity index (χ0) is 14.1. The molecule has 0 bridgehead atoms. The van der Waals surface area contributed by atoms with Gasteiger partial charge in [0.2, 0.25) is 5.91 Å². The Morgan fingerprint density at radius 2 is 1.78 bits per heavy atom. The molecule has 1 unspecified atom stereocenters. The fraction of sp³-hybridized carbons (Fsp3) is 0.556. The quantitative estimate of drug-likeness (QED) is 0.333. The summed E-state index contributed by atoms with van der Waals surface area (Å²) in [6.07, 6.45) is -0.304. The van der Waals surface area contributed by atoms with Crippen LogP contribution < -0.4 is 16.4 Å². The summed E-state index contributed by atoms with van der Waals surface area (Å²) in [5.74, 6) is -3.28. The van der Waals surface area contributed by atoms with Crippen molar-refractivity contribution in [3.63, 3.8) is 0 Å². The molecule has 0 aliphatic carbocycles. The molecule has 9 heteroatoms. The van der Waals surface area contributed by atoms with E-state index in [1.54, 1.807) is 0 Å². The number of hydrogen-bond donors (Lipinski definition) is 5. The van der Waals surface area contributed by atoms with E-state index in [4.69, 9.17) is 15.9 Å². The Kier molecular flexibility index (Phi) is 6.86. The minimum atomic E-state index is -1.50. The van der Waals surface area contributed by atoms with Gasteiger partial charge < -0.3 is 26.6 Å². The standard InChI is InChI=1S/C9H15N3O6/c10-6(13)2-1-3-11-9(18)12-5(8(16)17)4-7(14)15/h5H,1-4H2,(H2,10,13)(H,14,15)(H,16,17)(H2,11,12,18). The van der Waals surface area contributed by atoms with Gasteiger partial charge in [-0.1, -0.05) is 0 Å². The number of carboxylic acid groups (broad SMARTS) is 2. The van der Waals surface area contributed by atoms with E-state index in [9.17, 15) is 19.2 Å². The Bertz CT molecular complexity index is 343. The third-order valence-corrected chi connectivity index (χ3v) is 1.87. The summed E-state index contributed by atoms with van der Waals surface area (Å²) in [5.41, 5.74) is 4.87. The lowest BCUT2D eigenvalue weighted by molar-refractivity contribution is -0.145. The van der Waals surface area contributed by atoms with E-state index < -0.39 is 36.3 Å². The second kappa shape index (κ2) is 7.87. The molecule has 0 saturated carbocycles. The summed E-state index contributed by atoms with van der Waals surface area (Å²) >= 11 is 0. The summed E-state index contributed by atoms with van der Waals surface area (Å²) in [6.45, 7) is 0.133. The van der Waals surface area contributed by atoms with Gasteiger partial charge >= 0.3 is 18.0 Å². The number of amides is 3. The van der Waals surface area contributed by atoms with Crippen LogP contribution in [0.25, 0.3) is 0 Å². The van der Waals surface area contributed by atoms with Gasteiger partial charge in [0.05, 0.1) is 6.42 Å². The molecule has 0 fully saturated rings. The molecule has 9 nitrogen and oxygen atoms in total. The number of carbonyl (C=O) groups is 4. The SMILES string of the molecule is NC(=O)CCCNC(=O)NC(CC(=O)O)C(=O)O. The zero-order valence-corrected chi connectivity index (χ0v) is 9.51. The fourth-order valence-electron chi connectivity index (χ4n) is 1.05. The lowest BCUT2D eigenvalue weighted by Gasteiger charge is -2.12. The number of hydrogen-bond acceptors (Lipinski definition) is 4. The van der Waals surface area contributed by atoms with Crippen LogP contribution in [0.1, 0.15) is 19.3 Å². The normalized spacial score (nSPS) is 11.3. The average Bonchev–Trinajstić information content (AvgIpc) is 2.22. The number of carbonyl (C=O) groups excluding carboxylic acids is 2. The van der Waals surface area contributed by atoms with Crippen molar-refractivity contribution in [2.75, 3.05) is 6.54 Å². The van der Waals surface area contributed by atoms with Crippen LogP contribution in [-0.4, -0.2) is 46.7 Å². The first-order valence-electron chi connectivity index (χ1n) is 5.10. The predicted octanol–water partition coefficient (Wildman–Crippen LogP) is -1.52. The molecule has 0 rings (SSSR count). The molecule has 0 spiro atoms. The lowest BCUT2D eigenvalue weighted by atomic mass is 10.2. The van der Waals surface area contributed by atoms with Crippen LogP contribution in [0.5, 0.6) is 0 Å². The fourth-order valence-corrected chi connectivity index (χ4v) is 1.05. The number of primary amides is 1. The van der Waals surface area contributed by atoms with E-state index in [1.807, 2.05) is 5.32 Å². The molecule has 102 valence electrons. The van der Waals surface area contributed by atoms with Crippen molar-refractivity contribution in [2.24, 2.45) is 5.73 Å². The van der Waals surface area contributed by atoms with Gasteiger partial charge in [-0.15, -0.1) is 0 Å². The van der Waals surface area contributed by atoms with E-state index in [-0.39, 0.29) is 13.0 Å². The van der Waals surface area contributed by atoms with Crippen LogP contribution >= 0.6 is 0 Å².